The van der Waals surface area contributed by atoms with E-state index in [9.17, 15) is 12.8 Å². The van der Waals surface area contributed by atoms with Gasteiger partial charge in [0.25, 0.3) is 0 Å². The molecule has 188 valence electrons. The molecule has 0 atom stereocenters. The van der Waals surface area contributed by atoms with Crippen molar-refractivity contribution in [2.24, 2.45) is 5.92 Å². The minimum absolute atomic E-state index is 0.0441. The number of rotatable bonds is 9. The lowest BCUT2D eigenvalue weighted by atomic mass is 9.94. The van der Waals surface area contributed by atoms with Gasteiger partial charge in [-0.3, -0.25) is 0 Å². The average Bonchev–Trinajstić information content (AvgIpc) is 3.36. The molecule has 1 aliphatic rings. The highest BCUT2D eigenvalue weighted by molar-refractivity contribution is 7.91. The van der Waals surface area contributed by atoms with Gasteiger partial charge in [0.15, 0.2) is 15.7 Å². The van der Waals surface area contributed by atoms with E-state index in [-0.39, 0.29) is 22.1 Å². The van der Waals surface area contributed by atoms with E-state index < -0.39 is 15.7 Å². The second kappa shape index (κ2) is 10.7. The first-order chi connectivity index (χ1) is 16.8. The van der Waals surface area contributed by atoms with Gasteiger partial charge in [0.1, 0.15) is 5.82 Å². The average molecular weight is 504 g/mol. The Bertz CT molecular complexity index is 1240. The lowest BCUT2D eigenvalue weighted by Crippen LogP contribution is -2.34. The van der Waals surface area contributed by atoms with E-state index in [0.717, 1.165) is 44.2 Å². The van der Waals surface area contributed by atoms with Crippen molar-refractivity contribution in [2.45, 2.75) is 50.8 Å². The highest BCUT2D eigenvalue weighted by Gasteiger charge is 2.23. The molecule has 1 aliphatic heterocycles. The Hall–Kier alpha value is -3.08. The molecule has 3 aromatic rings. The first-order valence-corrected chi connectivity index (χ1v) is 13.5. The number of aromatic nitrogens is 4. The predicted octanol–water partition coefficient (Wildman–Crippen LogP) is 4.27. The normalized spacial score (nSPS) is 15.1. The number of benzene rings is 1. The van der Waals surface area contributed by atoms with E-state index in [1.807, 2.05) is 13.8 Å². The molecule has 1 fully saturated rings. The zero-order chi connectivity index (χ0) is 25.0. The second-order valence-electron chi connectivity index (χ2n) is 8.94. The highest BCUT2D eigenvalue weighted by atomic mass is 32.2. The number of hydrogen-bond acceptors (Lipinski definition) is 9. The van der Waals surface area contributed by atoms with Crippen molar-refractivity contribution in [3.63, 3.8) is 0 Å². The maximum absolute atomic E-state index is 14.5. The molecule has 4 rings (SSSR count). The molecule has 11 heteroatoms. The van der Waals surface area contributed by atoms with Crippen LogP contribution in [0.4, 0.5) is 10.4 Å². The summed E-state index contributed by atoms with van der Waals surface area (Å²) in [6.45, 7) is 7.83. The number of anilines is 1. The molecule has 0 saturated carbocycles. The van der Waals surface area contributed by atoms with Crippen molar-refractivity contribution in [3.05, 3.63) is 42.2 Å². The number of ether oxygens (including phenoxy) is 1. The lowest BCUT2D eigenvalue weighted by Gasteiger charge is -2.30. The van der Waals surface area contributed by atoms with Gasteiger partial charge >= 0.3 is 6.01 Å². The van der Waals surface area contributed by atoms with E-state index in [4.69, 9.17) is 9.26 Å². The molecule has 0 amide bonds. The van der Waals surface area contributed by atoms with Gasteiger partial charge in [-0.1, -0.05) is 25.9 Å². The number of hydrogen-bond donors (Lipinski definition) is 0. The molecule has 0 spiro atoms. The van der Waals surface area contributed by atoms with Crippen LogP contribution in [0.2, 0.25) is 0 Å². The minimum atomic E-state index is -3.47. The topological polar surface area (TPSA) is 111 Å². The van der Waals surface area contributed by atoms with Gasteiger partial charge in [0.2, 0.25) is 5.88 Å². The molecule has 0 N–H and O–H groups in total. The van der Waals surface area contributed by atoms with Gasteiger partial charge < -0.3 is 14.2 Å². The van der Waals surface area contributed by atoms with Crippen LogP contribution in [0.25, 0.3) is 11.3 Å². The van der Waals surface area contributed by atoms with E-state index in [1.165, 1.54) is 31.5 Å². The first kappa shape index (κ1) is 25.0. The summed E-state index contributed by atoms with van der Waals surface area (Å²) < 4.78 is 49.5. The van der Waals surface area contributed by atoms with Crippen LogP contribution in [0.1, 0.15) is 51.8 Å². The molecule has 2 aromatic heterocycles. The van der Waals surface area contributed by atoms with Crippen LogP contribution in [0, 0.1) is 11.7 Å². The summed E-state index contributed by atoms with van der Waals surface area (Å²) in [5.41, 5.74) is 0.497. The van der Waals surface area contributed by atoms with Crippen molar-refractivity contribution < 1.29 is 22.1 Å². The second-order valence-corrected chi connectivity index (χ2v) is 11.2. The summed E-state index contributed by atoms with van der Waals surface area (Å²) in [5, 5.41) is 4.03. The third-order valence-corrected chi connectivity index (χ3v) is 7.92. The molecule has 3 heterocycles. The molecule has 0 unspecified atom stereocenters. The molecule has 1 saturated heterocycles. The highest BCUT2D eigenvalue weighted by Crippen LogP contribution is 2.26. The van der Waals surface area contributed by atoms with Crippen LogP contribution in [-0.2, 0) is 9.84 Å². The number of piperidine rings is 1. The Labute approximate surface area is 204 Å². The van der Waals surface area contributed by atoms with Gasteiger partial charge in [-0.2, -0.15) is 4.98 Å². The van der Waals surface area contributed by atoms with Gasteiger partial charge in [-0.15, -0.1) is 0 Å². The van der Waals surface area contributed by atoms with Crippen LogP contribution in [0.3, 0.4) is 0 Å². The maximum atomic E-state index is 14.5. The molecular formula is C24H30FN5O4S. The molecule has 9 nitrogen and oxygen atoms in total. The smallest absolute Gasteiger partial charge is 0.324 e. The Morgan fingerprint density at radius 1 is 1.20 bits per heavy atom. The van der Waals surface area contributed by atoms with Crippen LogP contribution < -0.4 is 9.64 Å². The van der Waals surface area contributed by atoms with E-state index in [2.05, 4.69) is 25.0 Å². The van der Waals surface area contributed by atoms with Crippen molar-refractivity contribution in [2.75, 3.05) is 30.3 Å². The van der Waals surface area contributed by atoms with Gasteiger partial charge in [0, 0.05) is 24.6 Å². The first-order valence-electron chi connectivity index (χ1n) is 11.8. The summed E-state index contributed by atoms with van der Waals surface area (Å²) in [4.78, 5) is 15.0. The van der Waals surface area contributed by atoms with Crippen LogP contribution in [0.15, 0.2) is 40.0 Å². The van der Waals surface area contributed by atoms with E-state index >= 15 is 0 Å². The Morgan fingerprint density at radius 2 is 1.97 bits per heavy atom. The van der Waals surface area contributed by atoms with Gasteiger partial charge in [0.05, 0.1) is 35.3 Å². The number of nitrogens with zero attached hydrogens (tertiary/aromatic N) is 5. The van der Waals surface area contributed by atoms with E-state index in [1.54, 1.807) is 0 Å². The van der Waals surface area contributed by atoms with Crippen molar-refractivity contribution in [1.29, 1.82) is 0 Å². The Kier molecular flexibility index (Phi) is 7.63. The van der Waals surface area contributed by atoms with Crippen molar-refractivity contribution in [1.82, 2.24) is 20.1 Å². The third kappa shape index (κ3) is 5.95. The fraction of sp³-hybridized carbons (Fsp3) is 0.500. The standard InChI is InChI=1S/C24H30FN5O4S/c1-4-35(31,32)18-5-6-19(20(25)13-18)21-14-27-22(15-26-21)33-12-9-17-7-10-30(11-8-17)24-28-23(16(2)3)29-34-24/h5-6,13-17H,4,7-12H2,1-3H3. The van der Waals surface area contributed by atoms with E-state index in [0.29, 0.717) is 30.1 Å². The molecule has 0 bridgehead atoms. The molecular weight excluding hydrogens is 473 g/mol. The minimum Gasteiger partial charge on any atom is -0.477 e. The van der Waals surface area contributed by atoms with Crippen LogP contribution in [-0.4, -0.2) is 54.0 Å². The number of halogens is 1. The largest absolute Gasteiger partial charge is 0.477 e. The summed E-state index contributed by atoms with van der Waals surface area (Å²) in [5.74, 6) is 1.11. The molecule has 1 aromatic carbocycles. The summed E-state index contributed by atoms with van der Waals surface area (Å²) in [7, 11) is -3.47. The fourth-order valence-electron chi connectivity index (χ4n) is 3.93. The lowest BCUT2D eigenvalue weighted by molar-refractivity contribution is 0.248. The van der Waals surface area contributed by atoms with Crippen molar-refractivity contribution >= 4 is 15.9 Å². The molecule has 35 heavy (non-hydrogen) atoms. The summed E-state index contributed by atoms with van der Waals surface area (Å²) in [6, 6.07) is 4.41. The van der Waals surface area contributed by atoms with Gasteiger partial charge in [-0.05, 0) is 43.4 Å². The molecule has 0 radical (unpaired) electrons. The molecule has 0 aliphatic carbocycles. The van der Waals surface area contributed by atoms with Gasteiger partial charge in [-0.25, -0.2) is 22.8 Å². The van der Waals surface area contributed by atoms with Crippen molar-refractivity contribution in [3.8, 4) is 17.1 Å². The summed E-state index contributed by atoms with van der Waals surface area (Å²) in [6.07, 6.45) is 5.79. The Morgan fingerprint density at radius 3 is 2.57 bits per heavy atom. The summed E-state index contributed by atoms with van der Waals surface area (Å²) >= 11 is 0. The zero-order valence-electron chi connectivity index (χ0n) is 20.1. The monoisotopic (exact) mass is 503 g/mol. The fourth-order valence-corrected chi connectivity index (χ4v) is 4.82. The van der Waals surface area contributed by atoms with Crippen LogP contribution in [0.5, 0.6) is 5.88 Å². The van der Waals surface area contributed by atoms with Crippen LogP contribution >= 0.6 is 0 Å². The SMILES string of the molecule is CCS(=O)(=O)c1ccc(-c2cnc(OCCC3CCN(c4nc(C(C)C)no4)CC3)cn2)c(F)c1. The predicted molar refractivity (Wildman–Crippen MR) is 129 cm³/mol. The number of sulfone groups is 1. The Balaban J connectivity index is 1.26. The maximum Gasteiger partial charge on any atom is 0.324 e. The zero-order valence-corrected chi connectivity index (χ0v) is 21.0. The quantitative estimate of drug-likeness (QED) is 0.423. The third-order valence-electron chi connectivity index (χ3n) is 6.19.